The highest BCUT2D eigenvalue weighted by Crippen LogP contribution is 2.17. The van der Waals surface area contributed by atoms with Crippen molar-refractivity contribution in [3.05, 3.63) is 77.6 Å². The van der Waals surface area contributed by atoms with Crippen LogP contribution in [0.15, 0.2) is 60.9 Å². The van der Waals surface area contributed by atoms with Crippen LogP contribution in [-0.2, 0) is 0 Å². The third-order valence-electron chi connectivity index (χ3n) is 3.41. The van der Waals surface area contributed by atoms with Crippen molar-refractivity contribution in [3.8, 4) is 5.69 Å². The number of anilines is 1. The summed E-state index contributed by atoms with van der Waals surface area (Å²) >= 11 is 0. The van der Waals surface area contributed by atoms with Crippen LogP contribution in [0, 0.1) is 6.92 Å². The second-order valence-electron chi connectivity index (χ2n) is 4.91. The zero-order chi connectivity index (χ0) is 14.8. The molecule has 0 unspecified atom stereocenters. The molecule has 1 aromatic heterocycles. The Morgan fingerprint density at radius 3 is 2.57 bits per heavy atom. The standard InChI is InChI=1S/C17H15N3O/c1-12-7-8-13(9-16(12)18)17(21)14-10-19-20(11-14)15-5-3-2-4-6-15/h2-11H,18H2,1H3. The van der Waals surface area contributed by atoms with Crippen molar-refractivity contribution in [2.75, 3.05) is 5.73 Å². The third kappa shape index (κ3) is 2.56. The summed E-state index contributed by atoms with van der Waals surface area (Å²) in [6, 6.07) is 15.0. The van der Waals surface area contributed by atoms with Crippen LogP contribution >= 0.6 is 0 Å². The van der Waals surface area contributed by atoms with E-state index < -0.39 is 0 Å². The molecule has 0 aliphatic heterocycles. The second kappa shape index (κ2) is 5.25. The fraction of sp³-hybridized carbons (Fsp3) is 0.0588. The summed E-state index contributed by atoms with van der Waals surface area (Å²) in [4.78, 5) is 12.4. The SMILES string of the molecule is Cc1ccc(C(=O)c2cnn(-c3ccccc3)c2)cc1N. The molecule has 0 fully saturated rings. The molecule has 3 aromatic rings. The van der Waals surface area contributed by atoms with E-state index in [2.05, 4.69) is 5.10 Å². The lowest BCUT2D eigenvalue weighted by molar-refractivity contribution is 0.103. The Balaban J connectivity index is 1.92. The third-order valence-corrected chi connectivity index (χ3v) is 3.41. The van der Waals surface area contributed by atoms with E-state index >= 15 is 0 Å². The fourth-order valence-corrected chi connectivity index (χ4v) is 2.11. The average molecular weight is 277 g/mol. The van der Waals surface area contributed by atoms with Crippen molar-refractivity contribution < 1.29 is 4.79 Å². The molecule has 4 nitrogen and oxygen atoms in total. The van der Waals surface area contributed by atoms with Gasteiger partial charge in [0.2, 0.25) is 0 Å². The number of carbonyl (C=O) groups excluding carboxylic acids is 1. The number of para-hydroxylation sites is 1. The van der Waals surface area contributed by atoms with Crippen LogP contribution in [0.25, 0.3) is 5.69 Å². The zero-order valence-corrected chi connectivity index (χ0v) is 11.7. The summed E-state index contributed by atoms with van der Waals surface area (Å²) in [5.41, 5.74) is 9.48. The molecular weight excluding hydrogens is 262 g/mol. The number of nitrogens with zero attached hydrogens (tertiary/aromatic N) is 2. The Bertz CT molecular complexity index is 791. The van der Waals surface area contributed by atoms with Gasteiger partial charge < -0.3 is 5.73 Å². The molecule has 0 aliphatic carbocycles. The van der Waals surface area contributed by atoms with Crippen LogP contribution in [0.4, 0.5) is 5.69 Å². The number of aromatic nitrogens is 2. The van der Waals surface area contributed by atoms with Gasteiger partial charge in [0.1, 0.15) is 0 Å². The van der Waals surface area contributed by atoms with Crippen LogP contribution in [0.5, 0.6) is 0 Å². The number of benzene rings is 2. The minimum atomic E-state index is -0.0797. The molecule has 0 radical (unpaired) electrons. The topological polar surface area (TPSA) is 60.9 Å². The van der Waals surface area contributed by atoms with Crippen molar-refractivity contribution in [1.29, 1.82) is 0 Å². The quantitative estimate of drug-likeness (QED) is 0.591. The van der Waals surface area contributed by atoms with E-state index in [1.54, 1.807) is 29.2 Å². The Kier molecular flexibility index (Phi) is 3.28. The molecule has 104 valence electrons. The minimum absolute atomic E-state index is 0.0797. The van der Waals surface area contributed by atoms with E-state index in [9.17, 15) is 4.79 Å². The van der Waals surface area contributed by atoms with Gasteiger partial charge in [-0.2, -0.15) is 5.10 Å². The summed E-state index contributed by atoms with van der Waals surface area (Å²) in [5.74, 6) is -0.0797. The summed E-state index contributed by atoms with van der Waals surface area (Å²) < 4.78 is 1.69. The van der Waals surface area contributed by atoms with Gasteiger partial charge in [0, 0.05) is 17.4 Å². The lowest BCUT2D eigenvalue weighted by atomic mass is 10.0. The molecule has 21 heavy (non-hydrogen) atoms. The molecule has 0 saturated heterocycles. The lowest BCUT2D eigenvalue weighted by Gasteiger charge is -2.03. The first-order chi connectivity index (χ1) is 10.1. The summed E-state index contributed by atoms with van der Waals surface area (Å²) in [5, 5.41) is 4.24. The summed E-state index contributed by atoms with van der Waals surface area (Å²) in [6.07, 6.45) is 3.30. The Morgan fingerprint density at radius 1 is 1.10 bits per heavy atom. The van der Waals surface area contributed by atoms with Gasteiger partial charge >= 0.3 is 0 Å². The molecule has 2 N–H and O–H groups in total. The predicted octanol–water partition coefficient (Wildman–Crippen LogP) is 2.99. The first-order valence-electron chi connectivity index (χ1n) is 6.66. The number of nitrogens with two attached hydrogens (primary N) is 1. The number of aryl methyl sites for hydroxylation is 1. The normalized spacial score (nSPS) is 10.5. The molecule has 4 heteroatoms. The Morgan fingerprint density at radius 2 is 1.86 bits per heavy atom. The number of carbonyl (C=O) groups is 1. The van der Waals surface area contributed by atoms with Crippen molar-refractivity contribution >= 4 is 11.5 Å². The molecule has 2 aromatic carbocycles. The second-order valence-corrected chi connectivity index (χ2v) is 4.91. The lowest BCUT2D eigenvalue weighted by Crippen LogP contribution is -2.02. The first-order valence-corrected chi connectivity index (χ1v) is 6.66. The van der Waals surface area contributed by atoms with Gasteiger partial charge in [0.25, 0.3) is 0 Å². The predicted molar refractivity (Wildman–Crippen MR) is 82.6 cm³/mol. The largest absolute Gasteiger partial charge is 0.398 e. The number of hydrogen-bond acceptors (Lipinski definition) is 3. The number of ketones is 1. The Hall–Kier alpha value is -2.88. The highest BCUT2D eigenvalue weighted by Gasteiger charge is 2.12. The zero-order valence-electron chi connectivity index (χ0n) is 11.7. The van der Waals surface area contributed by atoms with E-state index in [4.69, 9.17) is 5.73 Å². The van der Waals surface area contributed by atoms with Crippen molar-refractivity contribution in [2.45, 2.75) is 6.92 Å². The number of hydrogen-bond donors (Lipinski definition) is 1. The van der Waals surface area contributed by atoms with Crippen molar-refractivity contribution in [3.63, 3.8) is 0 Å². The summed E-state index contributed by atoms with van der Waals surface area (Å²) in [6.45, 7) is 1.91. The van der Waals surface area contributed by atoms with Crippen molar-refractivity contribution in [2.24, 2.45) is 0 Å². The molecule has 0 atom stereocenters. The van der Waals surface area contributed by atoms with Crippen LogP contribution in [-0.4, -0.2) is 15.6 Å². The van der Waals surface area contributed by atoms with Gasteiger partial charge in [0.05, 0.1) is 17.4 Å². The van der Waals surface area contributed by atoms with Gasteiger partial charge in [-0.1, -0.05) is 30.3 Å². The molecule has 0 aliphatic rings. The van der Waals surface area contributed by atoms with E-state index in [1.807, 2.05) is 43.3 Å². The maximum Gasteiger partial charge on any atom is 0.196 e. The van der Waals surface area contributed by atoms with Crippen LogP contribution < -0.4 is 5.73 Å². The first kappa shape index (κ1) is 13.1. The van der Waals surface area contributed by atoms with Gasteiger partial charge in [-0.05, 0) is 30.7 Å². The molecule has 3 rings (SSSR count). The van der Waals surface area contributed by atoms with Crippen LogP contribution in [0.1, 0.15) is 21.5 Å². The highest BCUT2D eigenvalue weighted by atomic mass is 16.1. The molecule has 0 bridgehead atoms. The van der Waals surface area contributed by atoms with E-state index in [-0.39, 0.29) is 5.78 Å². The van der Waals surface area contributed by atoms with E-state index in [0.717, 1.165) is 11.3 Å². The van der Waals surface area contributed by atoms with Crippen LogP contribution in [0.2, 0.25) is 0 Å². The monoisotopic (exact) mass is 277 g/mol. The van der Waals surface area contributed by atoms with Gasteiger partial charge in [-0.25, -0.2) is 4.68 Å². The minimum Gasteiger partial charge on any atom is -0.398 e. The van der Waals surface area contributed by atoms with Crippen molar-refractivity contribution in [1.82, 2.24) is 9.78 Å². The number of rotatable bonds is 3. The Labute approximate surface area is 122 Å². The molecule has 0 saturated carbocycles. The van der Waals surface area contributed by atoms with Gasteiger partial charge in [0.15, 0.2) is 5.78 Å². The average Bonchev–Trinajstić information content (AvgIpc) is 3.00. The van der Waals surface area contributed by atoms with Crippen LogP contribution in [0.3, 0.4) is 0 Å². The highest BCUT2D eigenvalue weighted by molar-refractivity contribution is 6.09. The molecule has 0 spiro atoms. The summed E-state index contributed by atoms with van der Waals surface area (Å²) in [7, 11) is 0. The molecule has 1 heterocycles. The van der Waals surface area contributed by atoms with E-state index in [1.165, 1.54) is 0 Å². The van der Waals surface area contributed by atoms with Gasteiger partial charge in [-0.15, -0.1) is 0 Å². The van der Waals surface area contributed by atoms with Gasteiger partial charge in [-0.3, -0.25) is 4.79 Å². The maximum absolute atomic E-state index is 12.4. The maximum atomic E-state index is 12.4. The molecular formula is C17H15N3O. The molecule has 0 amide bonds. The smallest absolute Gasteiger partial charge is 0.196 e. The van der Waals surface area contributed by atoms with E-state index in [0.29, 0.717) is 16.8 Å². The fourth-order valence-electron chi connectivity index (χ4n) is 2.11. The number of nitrogen functional groups attached to an aromatic ring is 1.